The highest BCUT2D eigenvalue weighted by Crippen LogP contribution is 2.32. The Kier molecular flexibility index (Phi) is 3.85. The first-order valence-electron chi connectivity index (χ1n) is 7.05. The molecular weight excluding hydrogens is 276 g/mol. The second-order valence-electron chi connectivity index (χ2n) is 5.62. The molecule has 0 aromatic heterocycles. The smallest absolute Gasteiger partial charge is 0.261 e. The van der Waals surface area contributed by atoms with Gasteiger partial charge < -0.3 is 15.0 Å². The van der Waals surface area contributed by atoms with Crippen molar-refractivity contribution in [3.05, 3.63) is 29.3 Å². The lowest BCUT2D eigenvalue weighted by Gasteiger charge is -2.27. The molecule has 2 fully saturated rings. The van der Waals surface area contributed by atoms with Crippen LogP contribution in [-0.4, -0.2) is 42.6 Å². The average Bonchev–Trinajstić information content (AvgIpc) is 2.95. The molecular formula is C15H19ClN2O2. The third-order valence-electron chi connectivity index (χ3n) is 4.23. The van der Waals surface area contributed by atoms with Crippen molar-refractivity contribution in [2.24, 2.45) is 5.92 Å². The minimum Gasteiger partial charge on any atom is -0.484 e. The molecule has 0 bridgehead atoms. The zero-order valence-electron chi connectivity index (χ0n) is 11.5. The summed E-state index contributed by atoms with van der Waals surface area (Å²) in [6.07, 6.45) is 1.08. The maximum absolute atomic E-state index is 12.4. The molecule has 0 aliphatic carbocycles. The van der Waals surface area contributed by atoms with Crippen LogP contribution in [0, 0.1) is 5.92 Å². The van der Waals surface area contributed by atoms with Gasteiger partial charge in [0.15, 0.2) is 6.61 Å². The first-order valence-corrected chi connectivity index (χ1v) is 7.43. The number of benzene rings is 1. The molecule has 0 radical (unpaired) electrons. The fraction of sp³-hybridized carbons (Fsp3) is 0.533. The van der Waals surface area contributed by atoms with Crippen LogP contribution in [-0.2, 0) is 4.79 Å². The summed E-state index contributed by atoms with van der Waals surface area (Å²) in [5, 5.41) is 3.97. The van der Waals surface area contributed by atoms with Gasteiger partial charge in [-0.1, -0.05) is 17.7 Å². The van der Waals surface area contributed by atoms with E-state index in [1.807, 2.05) is 17.0 Å². The Morgan fingerprint density at radius 2 is 2.35 bits per heavy atom. The minimum absolute atomic E-state index is 0.0636. The van der Waals surface area contributed by atoms with Crippen LogP contribution in [0.4, 0.5) is 0 Å². The second-order valence-corrected chi connectivity index (χ2v) is 6.05. The van der Waals surface area contributed by atoms with E-state index in [0.717, 1.165) is 19.5 Å². The highest BCUT2D eigenvalue weighted by Gasteiger charge is 2.43. The highest BCUT2D eigenvalue weighted by molar-refractivity contribution is 6.30. The Bertz CT molecular complexity index is 508. The molecule has 2 heterocycles. The first-order chi connectivity index (χ1) is 9.65. The fourth-order valence-electron chi connectivity index (χ4n) is 3.37. The fourth-order valence-corrected chi connectivity index (χ4v) is 3.55. The molecule has 2 saturated heterocycles. The van der Waals surface area contributed by atoms with Gasteiger partial charge in [0.2, 0.25) is 0 Å². The van der Waals surface area contributed by atoms with E-state index in [4.69, 9.17) is 16.3 Å². The molecule has 2 aliphatic heterocycles. The third-order valence-corrected chi connectivity index (χ3v) is 4.46. The Balaban J connectivity index is 1.61. The Hall–Kier alpha value is -1.26. The number of fused-ring (bicyclic) bond motifs is 1. The van der Waals surface area contributed by atoms with Gasteiger partial charge in [-0.15, -0.1) is 0 Å². The Morgan fingerprint density at radius 3 is 3.15 bits per heavy atom. The normalized spacial score (nSPS) is 28.5. The van der Waals surface area contributed by atoms with E-state index >= 15 is 0 Å². The number of hydrogen-bond acceptors (Lipinski definition) is 3. The van der Waals surface area contributed by atoms with Crippen LogP contribution in [0.5, 0.6) is 5.75 Å². The summed E-state index contributed by atoms with van der Waals surface area (Å²) in [6, 6.07) is 7.78. The number of hydrogen-bond donors (Lipinski definition) is 1. The van der Waals surface area contributed by atoms with Crippen molar-refractivity contribution in [2.75, 3.05) is 19.7 Å². The lowest BCUT2D eigenvalue weighted by Crippen LogP contribution is -2.45. The number of carbonyl (C=O) groups excluding carboxylic acids is 1. The number of nitrogens with zero attached hydrogens (tertiary/aromatic N) is 1. The van der Waals surface area contributed by atoms with Crippen LogP contribution >= 0.6 is 11.6 Å². The van der Waals surface area contributed by atoms with Crippen molar-refractivity contribution in [3.63, 3.8) is 0 Å². The molecule has 4 nitrogen and oxygen atoms in total. The summed E-state index contributed by atoms with van der Waals surface area (Å²) in [6.45, 7) is 4.12. The zero-order chi connectivity index (χ0) is 14.1. The number of rotatable bonds is 3. The van der Waals surface area contributed by atoms with Crippen LogP contribution < -0.4 is 10.1 Å². The summed E-state index contributed by atoms with van der Waals surface area (Å²) in [4.78, 5) is 14.4. The lowest BCUT2D eigenvalue weighted by molar-refractivity contribution is -0.135. The maximum atomic E-state index is 12.4. The quantitative estimate of drug-likeness (QED) is 0.926. The molecule has 5 heteroatoms. The summed E-state index contributed by atoms with van der Waals surface area (Å²) in [5.74, 6) is 1.30. The molecule has 1 aromatic rings. The molecule has 0 saturated carbocycles. The van der Waals surface area contributed by atoms with Crippen molar-refractivity contribution in [1.82, 2.24) is 10.2 Å². The minimum atomic E-state index is 0.0636. The number of carbonyl (C=O) groups is 1. The zero-order valence-corrected chi connectivity index (χ0v) is 12.3. The molecule has 2 aliphatic rings. The number of nitrogens with one attached hydrogen (secondary N) is 1. The average molecular weight is 295 g/mol. The van der Waals surface area contributed by atoms with Crippen LogP contribution in [0.25, 0.3) is 0 Å². The van der Waals surface area contributed by atoms with Crippen molar-refractivity contribution >= 4 is 17.5 Å². The SMILES string of the molecule is CC1CC2CNCC2N1C(=O)COc1cccc(Cl)c1. The topological polar surface area (TPSA) is 41.6 Å². The summed E-state index contributed by atoms with van der Waals surface area (Å²) in [7, 11) is 0. The van der Waals surface area contributed by atoms with E-state index in [2.05, 4.69) is 12.2 Å². The van der Waals surface area contributed by atoms with E-state index < -0.39 is 0 Å². The predicted octanol–water partition coefficient (Wildman–Crippen LogP) is 1.93. The molecule has 3 rings (SSSR count). The van der Waals surface area contributed by atoms with Crippen molar-refractivity contribution in [1.29, 1.82) is 0 Å². The number of halogens is 1. The Morgan fingerprint density at radius 1 is 1.50 bits per heavy atom. The van der Waals surface area contributed by atoms with Crippen molar-refractivity contribution in [2.45, 2.75) is 25.4 Å². The highest BCUT2D eigenvalue weighted by atomic mass is 35.5. The van der Waals surface area contributed by atoms with Gasteiger partial charge in [0, 0.05) is 30.2 Å². The van der Waals surface area contributed by atoms with Gasteiger partial charge in [-0.25, -0.2) is 0 Å². The lowest BCUT2D eigenvalue weighted by atomic mass is 10.0. The molecule has 108 valence electrons. The summed E-state index contributed by atoms with van der Waals surface area (Å²) < 4.78 is 5.56. The molecule has 3 unspecified atom stereocenters. The monoisotopic (exact) mass is 294 g/mol. The van der Waals surface area contributed by atoms with Crippen molar-refractivity contribution < 1.29 is 9.53 Å². The molecule has 3 atom stereocenters. The third kappa shape index (κ3) is 2.63. The standard InChI is InChI=1S/C15H19ClN2O2/c1-10-5-11-7-17-8-14(11)18(10)15(19)9-20-13-4-2-3-12(16)6-13/h2-4,6,10-11,14,17H,5,7-9H2,1H3. The Labute approximate surface area is 124 Å². The van der Waals surface area contributed by atoms with Crippen LogP contribution in [0.2, 0.25) is 5.02 Å². The van der Waals surface area contributed by atoms with E-state index in [-0.39, 0.29) is 12.5 Å². The van der Waals surface area contributed by atoms with E-state index in [9.17, 15) is 4.79 Å². The van der Waals surface area contributed by atoms with Crippen LogP contribution in [0.3, 0.4) is 0 Å². The van der Waals surface area contributed by atoms with E-state index in [1.54, 1.807) is 12.1 Å². The van der Waals surface area contributed by atoms with Crippen LogP contribution in [0.15, 0.2) is 24.3 Å². The number of amides is 1. The largest absolute Gasteiger partial charge is 0.484 e. The van der Waals surface area contributed by atoms with E-state index in [1.165, 1.54) is 0 Å². The molecule has 1 amide bonds. The van der Waals surface area contributed by atoms with Gasteiger partial charge in [0.05, 0.1) is 0 Å². The molecule has 1 aromatic carbocycles. The van der Waals surface area contributed by atoms with Gasteiger partial charge in [-0.05, 0) is 37.5 Å². The summed E-state index contributed by atoms with van der Waals surface area (Å²) >= 11 is 5.90. The van der Waals surface area contributed by atoms with E-state index in [0.29, 0.717) is 28.8 Å². The van der Waals surface area contributed by atoms with Gasteiger partial charge in [-0.3, -0.25) is 4.79 Å². The first kappa shape index (κ1) is 13.7. The molecule has 0 spiro atoms. The van der Waals surface area contributed by atoms with Gasteiger partial charge >= 0.3 is 0 Å². The second kappa shape index (κ2) is 5.62. The number of ether oxygens (including phenoxy) is 1. The summed E-state index contributed by atoms with van der Waals surface area (Å²) in [5.41, 5.74) is 0. The molecule has 20 heavy (non-hydrogen) atoms. The number of likely N-dealkylation sites (tertiary alicyclic amines) is 1. The molecule has 1 N–H and O–H groups in total. The van der Waals surface area contributed by atoms with Crippen molar-refractivity contribution in [3.8, 4) is 5.75 Å². The predicted molar refractivity (Wildman–Crippen MR) is 78.0 cm³/mol. The van der Waals surface area contributed by atoms with Crippen LogP contribution in [0.1, 0.15) is 13.3 Å². The van der Waals surface area contributed by atoms with Gasteiger partial charge in [0.1, 0.15) is 5.75 Å². The maximum Gasteiger partial charge on any atom is 0.261 e. The van der Waals surface area contributed by atoms with Gasteiger partial charge in [-0.2, -0.15) is 0 Å². The van der Waals surface area contributed by atoms with Gasteiger partial charge in [0.25, 0.3) is 5.91 Å².